The van der Waals surface area contributed by atoms with Crippen molar-refractivity contribution in [3.05, 3.63) is 17.5 Å². The van der Waals surface area contributed by atoms with Crippen LogP contribution in [0.25, 0.3) is 0 Å². The molecule has 0 aromatic carbocycles. The first-order chi connectivity index (χ1) is 5.86. The van der Waals surface area contributed by atoms with Crippen LogP contribution in [0.2, 0.25) is 0 Å². The topological polar surface area (TPSA) is 70.0 Å². The molecule has 4 heteroatoms. The Balaban J connectivity index is 2.48. The molecule has 0 fully saturated rings. The fourth-order valence-electron chi connectivity index (χ4n) is 0.891. The fraction of sp³-hybridized carbons (Fsp3) is 0.500. The lowest BCUT2D eigenvalue weighted by atomic mass is 10.2. The van der Waals surface area contributed by atoms with Gasteiger partial charge in [0, 0.05) is 19.1 Å². The van der Waals surface area contributed by atoms with E-state index < -0.39 is 0 Å². The second-order valence-electron chi connectivity index (χ2n) is 2.45. The summed E-state index contributed by atoms with van der Waals surface area (Å²) in [6, 6.07) is 3.73. The first-order valence-electron chi connectivity index (χ1n) is 3.79. The predicted octanol–water partition coefficient (Wildman–Crippen LogP) is 0.666. The molecule has 0 atom stereocenters. The number of hydrogen-bond acceptors (Lipinski definition) is 4. The van der Waals surface area contributed by atoms with E-state index in [-0.39, 0.29) is 13.0 Å². The maximum atomic E-state index is 8.52. The average Bonchev–Trinajstić information content (AvgIpc) is 2.50. The van der Waals surface area contributed by atoms with E-state index in [9.17, 15) is 0 Å². The van der Waals surface area contributed by atoms with Crippen LogP contribution >= 0.6 is 0 Å². The third-order valence-corrected chi connectivity index (χ3v) is 1.45. The molecular formula is C8H10N2O2. The van der Waals surface area contributed by atoms with E-state index in [0.29, 0.717) is 18.5 Å². The number of nitriles is 1. The van der Waals surface area contributed by atoms with Crippen molar-refractivity contribution in [2.24, 2.45) is 0 Å². The maximum absolute atomic E-state index is 8.52. The summed E-state index contributed by atoms with van der Waals surface area (Å²) in [4.78, 5) is 0. The summed E-state index contributed by atoms with van der Waals surface area (Å²) in [6.45, 7) is 0.147. The Morgan fingerprint density at radius 2 is 2.50 bits per heavy atom. The summed E-state index contributed by atoms with van der Waals surface area (Å²) in [6.07, 6.45) is 1.62. The standard InChI is InChI=1S/C8H10N2O2/c9-4-3-7-6-8(12-10-7)2-1-5-11/h6,11H,1-3,5H2. The van der Waals surface area contributed by atoms with Crippen LogP contribution < -0.4 is 0 Å². The average molecular weight is 166 g/mol. The van der Waals surface area contributed by atoms with Crippen LogP contribution in [0.3, 0.4) is 0 Å². The van der Waals surface area contributed by atoms with E-state index in [4.69, 9.17) is 14.9 Å². The van der Waals surface area contributed by atoms with Crippen molar-refractivity contribution in [1.29, 1.82) is 5.26 Å². The van der Waals surface area contributed by atoms with Crippen molar-refractivity contribution in [3.8, 4) is 6.07 Å². The summed E-state index contributed by atoms with van der Waals surface area (Å²) in [5.41, 5.74) is 0.658. The van der Waals surface area contributed by atoms with Crippen LogP contribution in [0.1, 0.15) is 17.9 Å². The van der Waals surface area contributed by atoms with Gasteiger partial charge in [-0.1, -0.05) is 5.16 Å². The lowest BCUT2D eigenvalue weighted by Crippen LogP contribution is -1.86. The van der Waals surface area contributed by atoms with Gasteiger partial charge < -0.3 is 9.63 Å². The van der Waals surface area contributed by atoms with Crippen LogP contribution in [-0.2, 0) is 12.8 Å². The molecule has 0 aliphatic carbocycles. The number of hydrogen-bond donors (Lipinski definition) is 1. The Morgan fingerprint density at radius 3 is 3.17 bits per heavy atom. The Labute approximate surface area is 70.4 Å². The van der Waals surface area contributed by atoms with E-state index in [2.05, 4.69) is 5.16 Å². The highest BCUT2D eigenvalue weighted by molar-refractivity contribution is 5.09. The van der Waals surface area contributed by atoms with Gasteiger partial charge in [0.15, 0.2) is 0 Å². The van der Waals surface area contributed by atoms with Crippen molar-refractivity contribution in [2.45, 2.75) is 19.3 Å². The molecule has 4 nitrogen and oxygen atoms in total. The molecule has 0 saturated heterocycles. The van der Waals surface area contributed by atoms with Crippen molar-refractivity contribution >= 4 is 0 Å². The van der Waals surface area contributed by atoms with Crippen LogP contribution in [-0.4, -0.2) is 16.9 Å². The van der Waals surface area contributed by atoms with Crippen molar-refractivity contribution in [1.82, 2.24) is 5.16 Å². The van der Waals surface area contributed by atoms with Crippen LogP contribution in [0, 0.1) is 11.3 Å². The molecule has 0 unspecified atom stereocenters. The first-order valence-corrected chi connectivity index (χ1v) is 3.79. The minimum atomic E-state index is 0.147. The molecule has 64 valence electrons. The highest BCUT2D eigenvalue weighted by Crippen LogP contribution is 2.05. The Morgan fingerprint density at radius 1 is 1.67 bits per heavy atom. The zero-order valence-corrected chi connectivity index (χ0v) is 6.66. The highest BCUT2D eigenvalue weighted by atomic mass is 16.5. The van der Waals surface area contributed by atoms with Gasteiger partial charge in [-0.05, 0) is 6.42 Å². The SMILES string of the molecule is N#CCc1cc(CCCO)on1. The number of rotatable bonds is 4. The highest BCUT2D eigenvalue weighted by Gasteiger charge is 2.02. The minimum absolute atomic E-state index is 0.147. The van der Waals surface area contributed by atoms with Gasteiger partial charge in [-0.25, -0.2) is 0 Å². The smallest absolute Gasteiger partial charge is 0.137 e. The van der Waals surface area contributed by atoms with Crippen molar-refractivity contribution < 1.29 is 9.63 Å². The molecule has 1 aromatic heterocycles. The molecule has 0 amide bonds. The number of aromatic nitrogens is 1. The molecule has 0 radical (unpaired) electrons. The van der Waals surface area contributed by atoms with E-state index in [0.717, 1.165) is 5.76 Å². The lowest BCUT2D eigenvalue weighted by Gasteiger charge is -1.88. The molecule has 1 heterocycles. The molecule has 0 saturated carbocycles. The zero-order chi connectivity index (χ0) is 8.81. The van der Waals surface area contributed by atoms with Gasteiger partial charge in [0.05, 0.1) is 18.2 Å². The Bertz CT molecular complexity index is 275. The van der Waals surface area contributed by atoms with E-state index in [1.54, 1.807) is 6.07 Å². The van der Waals surface area contributed by atoms with Gasteiger partial charge in [-0.15, -0.1) is 0 Å². The summed E-state index contributed by atoms with van der Waals surface area (Å²) >= 11 is 0. The Hall–Kier alpha value is -1.34. The fourth-order valence-corrected chi connectivity index (χ4v) is 0.891. The number of nitrogens with zero attached hydrogens (tertiary/aromatic N) is 2. The van der Waals surface area contributed by atoms with E-state index in [1.807, 2.05) is 6.07 Å². The quantitative estimate of drug-likeness (QED) is 0.713. The number of aliphatic hydroxyl groups excluding tert-OH is 1. The normalized spacial score (nSPS) is 9.67. The Kier molecular flexibility index (Phi) is 3.30. The first kappa shape index (κ1) is 8.75. The van der Waals surface area contributed by atoms with Gasteiger partial charge in [0.25, 0.3) is 0 Å². The molecule has 12 heavy (non-hydrogen) atoms. The molecule has 1 N–H and O–H groups in total. The summed E-state index contributed by atoms with van der Waals surface area (Å²) < 4.78 is 4.91. The molecule has 0 aliphatic rings. The predicted molar refractivity (Wildman–Crippen MR) is 41.2 cm³/mol. The minimum Gasteiger partial charge on any atom is -0.396 e. The number of aliphatic hydroxyl groups is 1. The summed E-state index contributed by atoms with van der Waals surface area (Å²) in [7, 11) is 0. The summed E-state index contributed by atoms with van der Waals surface area (Å²) in [5, 5.41) is 20.5. The van der Waals surface area contributed by atoms with Gasteiger partial charge in [0.1, 0.15) is 5.76 Å². The lowest BCUT2D eigenvalue weighted by molar-refractivity contribution is 0.279. The summed E-state index contributed by atoms with van der Waals surface area (Å²) in [5.74, 6) is 0.731. The van der Waals surface area contributed by atoms with Crippen LogP contribution in [0.15, 0.2) is 10.6 Å². The van der Waals surface area contributed by atoms with Gasteiger partial charge in [-0.2, -0.15) is 5.26 Å². The van der Waals surface area contributed by atoms with Crippen molar-refractivity contribution in [3.63, 3.8) is 0 Å². The van der Waals surface area contributed by atoms with Gasteiger partial charge >= 0.3 is 0 Å². The second-order valence-corrected chi connectivity index (χ2v) is 2.45. The second kappa shape index (κ2) is 4.52. The molecule has 0 aliphatic heterocycles. The van der Waals surface area contributed by atoms with Gasteiger partial charge in [0.2, 0.25) is 0 Å². The monoisotopic (exact) mass is 166 g/mol. The third-order valence-electron chi connectivity index (χ3n) is 1.45. The van der Waals surface area contributed by atoms with Gasteiger partial charge in [-0.3, -0.25) is 0 Å². The molecular weight excluding hydrogens is 156 g/mol. The largest absolute Gasteiger partial charge is 0.396 e. The molecule has 0 bridgehead atoms. The van der Waals surface area contributed by atoms with Crippen molar-refractivity contribution in [2.75, 3.05) is 6.61 Å². The van der Waals surface area contributed by atoms with Crippen LogP contribution in [0.5, 0.6) is 0 Å². The number of aryl methyl sites for hydroxylation is 1. The van der Waals surface area contributed by atoms with E-state index in [1.165, 1.54) is 0 Å². The maximum Gasteiger partial charge on any atom is 0.137 e. The molecule has 0 spiro atoms. The van der Waals surface area contributed by atoms with E-state index >= 15 is 0 Å². The molecule has 1 rings (SSSR count). The third kappa shape index (κ3) is 2.36. The van der Waals surface area contributed by atoms with Crippen LogP contribution in [0.4, 0.5) is 0 Å². The zero-order valence-electron chi connectivity index (χ0n) is 6.66. The molecule has 1 aromatic rings.